The molecule has 0 radical (unpaired) electrons. The van der Waals surface area contributed by atoms with Gasteiger partial charge in [-0.25, -0.2) is 4.39 Å². The van der Waals surface area contributed by atoms with Gasteiger partial charge in [-0.2, -0.15) is 0 Å². The molecule has 28 heavy (non-hydrogen) atoms. The Morgan fingerprint density at radius 3 is 2.36 bits per heavy atom. The van der Waals surface area contributed by atoms with Crippen molar-refractivity contribution in [3.63, 3.8) is 0 Å². The second-order valence-corrected chi connectivity index (χ2v) is 8.52. The van der Waals surface area contributed by atoms with Crippen molar-refractivity contribution in [3.8, 4) is 5.75 Å². The molecule has 0 saturated heterocycles. The normalized spacial score (nSPS) is 26.9. The van der Waals surface area contributed by atoms with Crippen molar-refractivity contribution < 1.29 is 13.9 Å². The maximum absolute atomic E-state index is 12.7. The van der Waals surface area contributed by atoms with Gasteiger partial charge < -0.3 is 15.8 Å². The Kier molecular flexibility index (Phi) is 7.00. The van der Waals surface area contributed by atoms with E-state index in [1.54, 1.807) is 0 Å². The van der Waals surface area contributed by atoms with Crippen LogP contribution in [0.4, 0.5) is 4.39 Å². The molecule has 4 nitrogen and oxygen atoms in total. The molecule has 154 valence electrons. The smallest absolute Gasteiger partial charge is 0.226 e. The first-order chi connectivity index (χ1) is 13.6. The fourth-order valence-corrected chi connectivity index (χ4v) is 4.76. The molecule has 0 aliphatic heterocycles. The SMILES string of the molecule is NCC(=CF)COc1ccc(C23CCC(C(=O)NCCCCl)(CC2)CC3)cc1. The van der Waals surface area contributed by atoms with Crippen molar-refractivity contribution in [2.45, 2.75) is 50.4 Å². The highest BCUT2D eigenvalue weighted by Crippen LogP contribution is 2.57. The number of carbonyl (C=O) groups is 1. The summed E-state index contributed by atoms with van der Waals surface area (Å²) in [5, 5.41) is 3.08. The van der Waals surface area contributed by atoms with Crippen molar-refractivity contribution in [1.29, 1.82) is 0 Å². The predicted molar refractivity (Wildman–Crippen MR) is 110 cm³/mol. The number of alkyl halides is 1. The molecule has 3 fully saturated rings. The summed E-state index contributed by atoms with van der Waals surface area (Å²) in [5.41, 5.74) is 7.18. The highest BCUT2D eigenvalue weighted by Gasteiger charge is 2.52. The zero-order valence-electron chi connectivity index (χ0n) is 16.3. The minimum atomic E-state index is -0.186. The minimum absolute atomic E-state index is 0.152. The van der Waals surface area contributed by atoms with Gasteiger partial charge in [0.2, 0.25) is 5.91 Å². The van der Waals surface area contributed by atoms with Gasteiger partial charge in [0.05, 0.1) is 6.33 Å². The van der Waals surface area contributed by atoms with Crippen molar-refractivity contribution in [2.24, 2.45) is 11.1 Å². The number of ether oxygens (including phenoxy) is 1. The summed E-state index contributed by atoms with van der Waals surface area (Å²) in [6.45, 7) is 0.984. The molecule has 0 aromatic heterocycles. The summed E-state index contributed by atoms with van der Waals surface area (Å²) in [6.07, 6.45) is 7.27. The number of rotatable bonds is 9. The Morgan fingerprint density at radius 2 is 1.82 bits per heavy atom. The Bertz CT molecular complexity index is 680. The third-order valence-electron chi connectivity index (χ3n) is 6.63. The molecular formula is C22H30ClFN2O2. The average molecular weight is 409 g/mol. The van der Waals surface area contributed by atoms with Gasteiger partial charge in [0.1, 0.15) is 12.4 Å². The summed E-state index contributed by atoms with van der Waals surface area (Å²) in [7, 11) is 0. The maximum atomic E-state index is 12.7. The van der Waals surface area contributed by atoms with Crippen LogP contribution in [0.2, 0.25) is 0 Å². The number of fused-ring (bicyclic) bond motifs is 3. The first-order valence-electron chi connectivity index (χ1n) is 10.1. The molecule has 3 N–H and O–H groups in total. The zero-order valence-corrected chi connectivity index (χ0v) is 17.1. The van der Waals surface area contributed by atoms with Crippen molar-refractivity contribution in [1.82, 2.24) is 5.32 Å². The van der Waals surface area contributed by atoms with Crippen LogP contribution >= 0.6 is 11.6 Å². The van der Waals surface area contributed by atoms with E-state index in [9.17, 15) is 9.18 Å². The van der Waals surface area contributed by atoms with E-state index in [1.807, 2.05) is 12.1 Å². The highest BCUT2D eigenvalue weighted by molar-refractivity contribution is 6.17. The van der Waals surface area contributed by atoms with E-state index in [0.29, 0.717) is 30.1 Å². The van der Waals surface area contributed by atoms with Gasteiger partial charge in [-0.15, -0.1) is 11.6 Å². The van der Waals surface area contributed by atoms with Gasteiger partial charge in [-0.3, -0.25) is 4.79 Å². The maximum Gasteiger partial charge on any atom is 0.226 e. The number of amides is 1. The van der Waals surface area contributed by atoms with Crippen molar-refractivity contribution in [3.05, 3.63) is 41.7 Å². The largest absolute Gasteiger partial charge is 0.489 e. The van der Waals surface area contributed by atoms with Gasteiger partial charge in [0.15, 0.2) is 0 Å². The average Bonchev–Trinajstić information content (AvgIpc) is 2.76. The van der Waals surface area contributed by atoms with Crippen molar-refractivity contribution >= 4 is 17.5 Å². The van der Waals surface area contributed by atoms with E-state index in [4.69, 9.17) is 22.1 Å². The molecule has 1 aromatic carbocycles. The number of nitrogens with two attached hydrogens (primary N) is 1. The number of halogens is 2. The van der Waals surface area contributed by atoms with Gasteiger partial charge in [-0.1, -0.05) is 12.1 Å². The Hall–Kier alpha value is -1.59. The summed E-state index contributed by atoms with van der Waals surface area (Å²) in [4.78, 5) is 12.7. The monoisotopic (exact) mass is 408 g/mol. The van der Waals surface area contributed by atoms with Crippen molar-refractivity contribution in [2.75, 3.05) is 25.6 Å². The number of nitrogens with one attached hydrogen (secondary N) is 1. The van der Waals surface area contributed by atoms with Crippen LogP contribution in [0.3, 0.4) is 0 Å². The van der Waals surface area contributed by atoms with Crippen LogP contribution in [-0.4, -0.2) is 31.5 Å². The molecule has 1 amide bonds. The second-order valence-electron chi connectivity index (χ2n) is 8.14. The molecule has 0 unspecified atom stereocenters. The molecule has 0 atom stereocenters. The third kappa shape index (κ3) is 4.36. The third-order valence-corrected chi connectivity index (χ3v) is 6.90. The van der Waals surface area contributed by atoms with Gasteiger partial charge in [-0.05, 0) is 68.1 Å². The fourth-order valence-electron chi connectivity index (χ4n) is 4.63. The van der Waals surface area contributed by atoms with Crippen LogP contribution in [0.25, 0.3) is 0 Å². The second kappa shape index (κ2) is 9.27. The molecule has 1 aromatic rings. The van der Waals surface area contributed by atoms with E-state index in [-0.39, 0.29) is 29.9 Å². The van der Waals surface area contributed by atoms with Gasteiger partial charge in [0, 0.05) is 30.0 Å². The topological polar surface area (TPSA) is 64.3 Å². The van der Waals surface area contributed by atoms with Crippen LogP contribution in [0, 0.1) is 5.41 Å². The molecule has 0 spiro atoms. The summed E-state index contributed by atoms with van der Waals surface area (Å²) < 4.78 is 18.2. The molecule has 3 saturated carbocycles. The number of carbonyl (C=O) groups excluding carboxylic acids is 1. The lowest BCUT2D eigenvalue weighted by Crippen LogP contribution is -2.51. The molecule has 4 rings (SSSR count). The Labute approximate surface area is 171 Å². The van der Waals surface area contributed by atoms with Crippen LogP contribution in [0.1, 0.15) is 50.5 Å². The first kappa shape index (κ1) is 21.1. The van der Waals surface area contributed by atoms with Gasteiger partial charge >= 0.3 is 0 Å². The lowest BCUT2D eigenvalue weighted by atomic mass is 9.51. The molecular weight excluding hydrogens is 379 g/mol. The molecule has 2 bridgehead atoms. The van der Waals surface area contributed by atoms with E-state index < -0.39 is 0 Å². The summed E-state index contributed by atoms with van der Waals surface area (Å²) in [6, 6.07) is 8.14. The van der Waals surface area contributed by atoms with E-state index >= 15 is 0 Å². The number of benzene rings is 1. The summed E-state index contributed by atoms with van der Waals surface area (Å²) in [5.74, 6) is 1.51. The lowest BCUT2D eigenvalue weighted by Gasteiger charge is -2.52. The van der Waals surface area contributed by atoms with E-state index in [2.05, 4.69) is 17.4 Å². The number of hydrogen-bond acceptors (Lipinski definition) is 3. The van der Waals surface area contributed by atoms with Crippen LogP contribution in [-0.2, 0) is 10.2 Å². The van der Waals surface area contributed by atoms with Crippen LogP contribution < -0.4 is 15.8 Å². The molecule has 3 aliphatic carbocycles. The minimum Gasteiger partial charge on any atom is -0.489 e. The van der Waals surface area contributed by atoms with E-state index in [1.165, 1.54) is 5.56 Å². The van der Waals surface area contributed by atoms with Crippen LogP contribution in [0.5, 0.6) is 5.75 Å². The van der Waals surface area contributed by atoms with Crippen LogP contribution in [0.15, 0.2) is 36.2 Å². The molecule has 3 aliphatic rings. The van der Waals surface area contributed by atoms with Gasteiger partial charge in [0.25, 0.3) is 0 Å². The first-order valence-corrected chi connectivity index (χ1v) is 10.7. The molecule has 6 heteroatoms. The molecule has 0 heterocycles. The number of hydrogen-bond donors (Lipinski definition) is 2. The lowest BCUT2D eigenvalue weighted by molar-refractivity contribution is -0.137. The summed E-state index contributed by atoms with van der Waals surface area (Å²) >= 11 is 5.71. The fraction of sp³-hybridized carbons (Fsp3) is 0.591. The predicted octanol–water partition coefficient (Wildman–Crippen LogP) is 4.21. The Morgan fingerprint density at radius 1 is 1.18 bits per heavy atom. The quantitative estimate of drug-likeness (QED) is 0.475. The zero-order chi connectivity index (χ0) is 20.0. The highest BCUT2D eigenvalue weighted by atomic mass is 35.5. The van der Waals surface area contributed by atoms with E-state index in [0.717, 1.165) is 44.9 Å². The Balaban J connectivity index is 1.60. The standard InChI is InChI=1S/C22H30ClFN2O2/c23-12-1-13-26-20(27)22-9-6-21(7-10-22,8-11-22)18-2-4-19(5-3-18)28-16-17(14-24)15-25/h2-5,14H,1,6-13,15-16,25H2,(H,26,27).